The van der Waals surface area contributed by atoms with Gasteiger partial charge in [0.15, 0.2) is 0 Å². The molecule has 4 heterocycles. The molecular weight excluding hydrogens is 332 g/mol. The van der Waals surface area contributed by atoms with E-state index in [4.69, 9.17) is 9.47 Å². The van der Waals surface area contributed by atoms with Crippen LogP contribution in [-0.2, 0) is 22.9 Å². The zero-order valence-electron chi connectivity index (χ0n) is 15.9. The highest BCUT2D eigenvalue weighted by Gasteiger charge is 2.42. The second-order valence-electron chi connectivity index (χ2n) is 6.20. The number of aryl methyl sites for hydroxylation is 2. The van der Waals surface area contributed by atoms with Crippen molar-refractivity contribution in [1.82, 2.24) is 19.7 Å². The number of hydrogen-bond donors (Lipinski definition) is 2. The molecule has 2 aromatic rings. The Kier molecular flexibility index (Phi) is 6.05. The zero-order valence-corrected chi connectivity index (χ0v) is 15.9. The first-order valence-corrected chi connectivity index (χ1v) is 9.34. The average Bonchev–Trinajstić information content (AvgIpc) is 3.36. The van der Waals surface area contributed by atoms with E-state index in [0.29, 0.717) is 12.6 Å². The summed E-state index contributed by atoms with van der Waals surface area (Å²) < 4.78 is 13.3. The van der Waals surface area contributed by atoms with Crippen molar-refractivity contribution in [3.8, 4) is 0 Å². The highest BCUT2D eigenvalue weighted by atomic mass is 16.6. The number of fused-ring (bicyclic) bond motifs is 1. The lowest BCUT2D eigenvalue weighted by Crippen LogP contribution is -2.35. The van der Waals surface area contributed by atoms with E-state index in [9.17, 15) is 0 Å². The summed E-state index contributed by atoms with van der Waals surface area (Å²) in [6.45, 7) is 7.51. The Bertz CT molecular complexity index is 719. The molecule has 0 bridgehead atoms. The molecule has 3 unspecified atom stereocenters. The van der Waals surface area contributed by atoms with E-state index >= 15 is 0 Å². The molecule has 2 fully saturated rings. The molecule has 8 nitrogen and oxygen atoms in total. The molecule has 2 N–H and O–H groups in total. The van der Waals surface area contributed by atoms with Crippen LogP contribution in [0.3, 0.4) is 0 Å². The standard InChI is InChI=1S/C16H22N6O2.C2H6/c1-3-10-6-17-16(19-11-7-18-22(2)8-11)21-15(10)20-12-9-24-13-4-5-23-14(12)13;1-2/h6-8,12-14H,3-5,9H2,1-2H3,(H2,17,19,20,21);1-2H3. The summed E-state index contributed by atoms with van der Waals surface area (Å²) >= 11 is 0. The third-order valence-corrected chi connectivity index (χ3v) is 4.49. The third kappa shape index (κ3) is 3.96. The molecule has 3 atom stereocenters. The summed E-state index contributed by atoms with van der Waals surface area (Å²) in [7, 11) is 1.87. The second kappa shape index (κ2) is 8.46. The van der Waals surface area contributed by atoms with Crippen molar-refractivity contribution in [2.75, 3.05) is 23.8 Å². The molecule has 0 saturated carbocycles. The fourth-order valence-electron chi connectivity index (χ4n) is 3.23. The van der Waals surface area contributed by atoms with Crippen LogP contribution in [0, 0.1) is 0 Å². The summed E-state index contributed by atoms with van der Waals surface area (Å²) in [5, 5.41) is 10.8. The van der Waals surface area contributed by atoms with Gasteiger partial charge in [-0.3, -0.25) is 4.68 Å². The van der Waals surface area contributed by atoms with E-state index in [2.05, 4.69) is 32.6 Å². The van der Waals surface area contributed by atoms with Crippen LogP contribution >= 0.6 is 0 Å². The quantitative estimate of drug-likeness (QED) is 0.847. The minimum Gasteiger partial charge on any atom is -0.373 e. The first-order valence-electron chi connectivity index (χ1n) is 9.34. The van der Waals surface area contributed by atoms with E-state index in [1.54, 1.807) is 10.9 Å². The maximum absolute atomic E-state index is 5.81. The lowest BCUT2D eigenvalue weighted by Gasteiger charge is -2.20. The van der Waals surface area contributed by atoms with Gasteiger partial charge in [-0.2, -0.15) is 10.1 Å². The Morgan fingerprint density at radius 3 is 2.85 bits per heavy atom. The topological polar surface area (TPSA) is 86.1 Å². The fraction of sp³-hybridized carbons (Fsp3) is 0.611. The number of aromatic nitrogens is 4. The Labute approximate surface area is 154 Å². The van der Waals surface area contributed by atoms with E-state index in [1.165, 1.54) is 0 Å². The van der Waals surface area contributed by atoms with Gasteiger partial charge in [-0.15, -0.1) is 0 Å². The van der Waals surface area contributed by atoms with Gasteiger partial charge in [0.1, 0.15) is 11.9 Å². The predicted octanol–water partition coefficient (Wildman–Crippen LogP) is 2.51. The molecule has 4 rings (SSSR count). The van der Waals surface area contributed by atoms with Crippen LogP contribution in [0.2, 0.25) is 0 Å². The molecule has 8 heteroatoms. The van der Waals surface area contributed by atoms with Crippen LogP contribution in [0.15, 0.2) is 18.6 Å². The molecule has 0 radical (unpaired) electrons. The van der Waals surface area contributed by atoms with Crippen molar-refractivity contribution in [1.29, 1.82) is 0 Å². The van der Waals surface area contributed by atoms with Crippen molar-refractivity contribution < 1.29 is 9.47 Å². The lowest BCUT2D eigenvalue weighted by atomic mass is 10.1. The molecule has 2 aliphatic heterocycles. The van der Waals surface area contributed by atoms with Gasteiger partial charge in [-0.1, -0.05) is 20.8 Å². The monoisotopic (exact) mass is 360 g/mol. The molecule has 26 heavy (non-hydrogen) atoms. The van der Waals surface area contributed by atoms with Crippen molar-refractivity contribution in [2.24, 2.45) is 7.05 Å². The number of nitrogens with zero attached hydrogens (tertiary/aromatic N) is 4. The first-order chi connectivity index (χ1) is 12.7. The van der Waals surface area contributed by atoms with Crippen LogP contribution in [0.25, 0.3) is 0 Å². The molecule has 0 aliphatic carbocycles. The Morgan fingerprint density at radius 2 is 2.12 bits per heavy atom. The molecule has 0 spiro atoms. The van der Waals surface area contributed by atoms with Gasteiger partial charge in [-0.25, -0.2) is 4.98 Å². The summed E-state index contributed by atoms with van der Waals surface area (Å²) in [6, 6.07) is 0.129. The van der Waals surface area contributed by atoms with Crippen molar-refractivity contribution in [2.45, 2.75) is 51.9 Å². The Hall–Kier alpha value is -2.19. The summed E-state index contributed by atoms with van der Waals surface area (Å²) in [5.74, 6) is 1.38. The molecular formula is C18H28N6O2. The zero-order chi connectivity index (χ0) is 18.5. The smallest absolute Gasteiger partial charge is 0.229 e. The summed E-state index contributed by atoms with van der Waals surface area (Å²) in [4.78, 5) is 9.04. The number of ether oxygens (including phenoxy) is 2. The van der Waals surface area contributed by atoms with Gasteiger partial charge in [-0.05, 0) is 12.8 Å². The van der Waals surface area contributed by atoms with Crippen molar-refractivity contribution in [3.05, 3.63) is 24.2 Å². The molecule has 2 aromatic heterocycles. The van der Waals surface area contributed by atoms with Crippen LogP contribution in [-0.4, -0.2) is 51.2 Å². The molecule has 0 amide bonds. The Balaban J connectivity index is 0.000000948. The number of rotatable bonds is 5. The summed E-state index contributed by atoms with van der Waals surface area (Å²) in [6.07, 6.45) is 7.63. The summed E-state index contributed by atoms with van der Waals surface area (Å²) in [5.41, 5.74) is 1.93. The van der Waals surface area contributed by atoms with Crippen molar-refractivity contribution >= 4 is 17.5 Å². The first kappa shape index (κ1) is 18.6. The maximum atomic E-state index is 5.81. The number of hydrogen-bond acceptors (Lipinski definition) is 7. The van der Waals surface area contributed by atoms with Gasteiger partial charge in [0.2, 0.25) is 5.95 Å². The molecule has 2 aliphatic rings. The van der Waals surface area contributed by atoms with E-state index in [1.807, 2.05) is 33.3 Å². The second-order valence-corrected chi connectivity index (χ2v) is 6.20. The molecule has 142 valence electrons. The normalized spacial score (nSPS) is 23.9. The number of nitrogens with one attached hydrogen (secondary N) is 2. The van der Waals surface area contributed by atoms with E-state index < -0.39 is 0 Å². The van der Waals surface area contributed by atoms with Gasteiger partial charge in [0, 0.05) is 31.6 Å². The van der Waals surface area contributed by atoms with E-state index in [0.717, 1.165) is 36.5 Å². The third-order valence-electron chi connectivity index (χ3n) is 4.49. The van der Waals surface area contributed by atoms with Gasteiger partial charge < -0.3 is 20.1 Å². The maximum Gasteiger partial charge on any atom is 0.229 e. The highest BCUT2D eigenvalue weighted by Crippen LogP contribution is 2.29. The van der Waals surface area contributed by atoms with Crippen LogP contribution in [0.4, 0.5) is 17.5 Å². The van der Waals surface area contributed by atoms with Crippen molar-refractivity contribution in [3.63, 3.8) is 0 Å². The van der Waals surface area contributed by atoms with Crippen LogP contribution in [0.1, 0.15) is 32.8 Å². The van der Waals surface area contributed by atoms with Gasteiger partial charge in [0.25, 0.3) is 0 Å². The highest BCUT2D eigenvalue weighted by molar-refractivity contribution is 5.55. The average molecular weight is 360 g/mol. The van der Waals surface area contributed by atoms with E-state index in [-0.39, 0.29) is 18.2 Å². The van der Waals surface area contributed by atoms with Gasteiger partial charge in [0.05, 0.1) is 30.6 Å². The van der Waals surface area contributed by atoms with Gasteiger partial charge >= 0.3 is 0 Å². The molecule has 0 aromatic carbocycles. The predicted molar refractivity (Wildman–Crippen MR) is 101 cm³/mol. The number of anilines is 3. The Morgan fingerprint density at radius 1 is 1.27 bits per heavy atom. The fourth-order valence-corrected chi connectivity index (χ4v) is 3.23. The minimum atomic E-state index is 0.111. The lowest BCUT2D eigenvalue weighted by molar-refractivity contribution is 0.0718. The largest absolute Gasteiger partial charge is 0.373 e. The molecule has 2 saturated heterocycles. The van der Waals surface area contributed by atoms with Crippen LogP contribution in [0.5, 0.6) is 0 Å². The minimum absolute atomic E-state index is 0.111. The SMILES string of the molecule is CC.CCc1cnc(Nc2cnn(C)c2)nc1NC1COC2CCOC12. The van der Waals surface area contributed by atoms with Crippen LogP contribution < -0.4 is 10.6 Å².